The minimum absolute atomic E-state index is 0.0222. The summed E-state index contributed by atoms with van der Waals surface area (Å²) >= 11 is 0. The first-order chi connectivity index (χ1) is 6.32. The van der Waals surface area contributed by atoms with Crippen molar-refractivity contribution in [3.05, 3.63) is 0 Å². The van der Waals surface area contributed by atoms with E-state index in [1.165, 1.54) is 28.3 Å². The molecule has 0 bridgehead atoms. The van der Waals surface area contributed by atoms with Crippen LogP contribution in [0.2, 0.25) is 0 Å². The van der Waals surface area contributed by atoms with Gasteiger partial charge < -0.3 is 9.84 Å². The number of likely N-dealkylation sites (N-methyl/N-ethyl adjacent to an activating group) is 1. The maximum atomic E-state index is 11.5. The zero-order valence-electron chi connectivity index (χ0n) is 8.97. The normalized spacial score (nSPS) is 15.1. The predicted octanol–water partition coefficient (Wildman–Crippen LogP) is -1.27. The van der Waals surface area contributed by atoms with Crippen molar-refractivity contribution in [1.82, 2.24) is 8.61 Å². The van der Waals surface area contributed by atoms with Crippen molar-refractivity contribution in [3.63, 3.8) is 0 Å². The third kappa shape index (κ3) is 3.89. The van der Waals surface area contributed by atoms with Gasteiger partial charge in [0.25, 0.3) is 10.2 Å². The number of nitrogens with zero attached hydrogens (tertiary/aromatic N) is 2. The zero-order chi connectivity index (χ0) is 11.4. The maximum absolute atomic E-state index is 11.5. The summed E-state index contributed by atoms with van der Waals surface area (Å²) in [6, 6.07) is 0. The lowest BCUT2D eigenvalue weighted by atomic mass is 10.4. The van der Waals surface area contributed by atoms with Crippen molar-refractivity contribution in [3.8, 4) is 0 Å². The molecule has 0 aliphatic carbocycles. The fraction of sp³-hybridized carbons (Fsp3) is 1.00. The number of rotatable bonds is 6. The monoisotopic (exact) mass is 226 g/mol. The minimum Gasteiger partial charge on any atom is -0.389 e. The van der Waals surface area contributed by atoms with Crippen LogP contribution in [0.3, 0.4) is 0 Å². The Morgan fingerprint density at radius 2 is 1.86 bits per heavy atom. The molecule has 14 heavy (non-hydrogen) atoms. The molecule has 1 atom stereocenters. The lowest BCUT2D eigenvalue weighted by Crippen LogP contribution is -2.42. The largest absolute Gasteiger partial charge is 0.389 e. The predicted molar refractivity (Wildman–Crippen MR) is 53.1 cm³/mol. The second-order valence-electron chi connectivity index (χ2n) is 3.18. The molecule has 0 spiro atoms. The molecule has 1 unspecified atom stereocenters. The fourth-order valence-electron chi connectivity index (χ4n) is 0.915. The van der Waals surface area contributed by atoms with Crippen molar-refractivity contribution in [2.45, 2.75) is 6.10 Å². The fourth-order valence-corrected chi connectivity index (χ4v) is 1.83. The Kier molecular flexibility index (Phi) is 5.53. The molecule has 0 radical (unpaired) electrons. The summed E-state index contributed by atoms with van der Waals surface area (Å²) in [6.07, 6.45) is -0.806. The number of hydrogen-bond acceptors (Lipinski definition) is 4. The van der Waals surface area contributed by atoms with Gasteiger partial charge in [-0.05, 0) is 0 Å². The molecular weight excluding hydrogens is 208 g/mol. The first-order valence-corrected chi connectivity index (χ1v) is 5.52. The SMILES string of the molecule is COCC(O)CN(C)S(=O)(=O)N(C)C. The van der Waals surface area contributed by atoms with E-state index in [2.05, 4.69) is 0 Å². The van der Waals surface area contributed by atoms with Crippen LogP contribution in [0.5, 0.6) is 0 Å². The quantitative estimate of drug-likeness (QED) is 0.613. The van der Waals surface area contributed by atoms with Gasteiger partial charge in [0.1, 0.15) is 0 Å². The standard InChI is InChI=1S/C7H18N2O4S/c1-8(2)14(11,12)9(3)5-7(10)6-13-4/h7,10H,5-6H2,1-4H3. The van der Waals surface area contributed by atoms with Gasteiger partial charge in [0.05, 0.1) is 12.7 Å². The molecule has 0 heterocycles. The van der Waals surface area contributed by atoms with Gasteiger partial charge in [0.2, 0.25) is 0 Å². The highest BCUT2D eigenvalue weighted by atomic mass is 32.2. The van der Waals surface area contributed by atoms with Gasteiger partial charge in [0, 0.05) is 34.8 Å². The van der Waals surface area contributed by atoms with Crippen LogP contribution in [0, 0.1) is 0 Å². The average Bonchev–Trinajstić information content (AvgIpc) is 2.03. The van der Waals surface area contributed by atoms with Crippen molar-refractivity contribution >= 4 is 10.2 Å². The third-order valence-corrected chi connectivity index (χ3v) is 3.54. The Morgan fingerprint density at radius 1 is 1.36 bits per heavy atom. The van der Waals surface area contributed by atoms with E-state index in [9.17, 15) is 13.5 Å². The highest BCUT2D eigenvalue weighted by Gasteiger charge is 2.22. The summed E-state index contributed by atoms with van der Waals surface area (Å²) in [5.41, 5.74) is 0. The molecule has 0 saturated heterocycles. The Hall–Kier alpha value is -0.210. The lowest BCUT2D eigenvalue weighted by molar-refractivity contribution is 0.0548. The Bertz CT molecular complexity index is 252. The summed E-state index contributed by atoms with van der Waals surface area (Å²) in [4.78, 5) is 0. The van der Waals surface area contributed by atoms with Gasteiger partial charge in [0.15, 0.2) is 0 Å². The van der Waals surface area contributed by atoms with E-state index in [-0.39, 0.29) is 13.2 Å². The minimum atomic E-state index is -3.44. The summed E-state index contributed by atoms with van der Waals surface area (Å²) < 4.78 is 29.8. The molecule has 0 amide bonds. The van der Waals surface area contributed by atoms with Gasteiger partial charge in [-0.1, -0.05) is 0 Å². The number of hydrogen-bond donors (Lipinski definition) is 1. The molecular formula is C7H18N2O4S. The average molecular weight is 226 g/mol. The molecule has 0 aromatic carbocycles. The first kappa shape index (κ1) is 13.8. The molecule has 0 aliphatic heterocycles. The van der Waals surface area contributed by atoms with Crippen LogP contribution < -0.4 is 0 Å². The smallest absolute Gasteiger partial charge is 0.281 e. The van der Waals surface area contributed by atoms with Gasteiger partial charge in [-0.15, -0.1) is 0 Å². The van der Waals surface area contributed by atoms with Crippen LogP contribution in [0.15, 0.2) is 0 Å². The van der Waals surface area contributed by atoms with Crippen LogP contribution in [-0.2, 0) is 14.9 Å². The Labute approximate surface area is 85.3 Å². The van der Waals surface area contributed by atoms with Crippen LogP contribution in [0.4, 0.5) is 0 Å². The van der Waals surface area contributed by atoms with Gasteiger partial charge >= 0.3 is 0 Å². The van der Waals surface area contributed by atoms with Crippen molar-refractivity contribution in [2.24, 2.45) is 0 Å². The van der Waals surface area contributed by atoms with E-state index >= 15 is 0 Å². The lowest BCUT2D eigenvalue weighted by Gasteiger charge is -2.23. The second kappa shape index (κ2) is 5.62. The molecule has 1 N–H and O–H groups in total. The van der Waals surface area contributed by atoms with E-state index in [1.54, 1.807) is 0 Å². The summed E-state index contributed by atoms with van der Waals surface area (Å²) in [6.45, 7) is 0.141. The van der Waals surface area contributed by atoms with E-state index in [0.29, 0.717) is 0 Å². The van der Waals surface area contributed by atoms with Crippen LogP contribution >= 0.6 is 0 Å². The Morgan fingerprint density at radius 3 is 2.21 bits per heavy atom. The van der Waals surface area contributed by atoms with E-state index < -0.39 is 16.3 Å². The first-order valence-electron chi connectivity index (χ1n) is 4.13. The van der Waals surface area contributed by atoms with Crippen molar-refractivity contribution < 1.29 is 18.3 Å². The molecule has 0 fully saturated rings. The molecule has 0 aliphatic rings. The third-order valence-electron chi connectivity index (χ3n) is 1.68. The van der Waals surface area contributed by atoms with Gasteiger partial charge in [-0.2, -0.15) is 17.0 Å². The van der Waals surface area contributed by atoms with Gasteiger partial charge in [-0.25, -0.2) is 0 Å². The van der Waals surface area contributed by atoms with E-state index in [1.807, 2.05) is 0 Å². The molecule has 0 saturated carbocycles. The summed E-state index contributed by atoms with van der Waals surface area (Å²) in [5.74, 6) is 0. The molecule has 0 aromatic heterocycles. The van der Waals surface area contributed by atoms with Crippen LogP contribution in [-0.4, -0.2) is 69.6 Å². The van der Waals surface area contributed by atoms with E-state index in [4.69, 9.17) is 4.74 Å². The number of aliphatic hydroxyl groups excluding tert-OH is 1. The zero-order valence-corrected chi connectivity index (χ0v) is 9.78. The second-order valence-corrected chi connectivity index (χ2v) is 5.43. The number of ether oxygens (including phenoxy) is 1. The highest BCUT2D eigenvalue weighted by molar-refractivity contribution is 7.86. The Balaban J connectivity index is 4.28. The molecule has 6 nitrogen and oxygen atoms in total. The molecule has 0 aromatic rings. The van der Waals surface area contributed by atoms with Crippen molar-refractivity contribution in [2.75, 3.05) is 41.4 Å². The van der Waals surface area contributed by atoms with Crippen molar-refractivity contribution in [1.29, 1.82) is 0 Å². The number of methoxy groups -OCH3 is 1. The molecule has 86 valence electrons. The van der Waals surface area contributed by atoms with E-state index in [0.717, 1.165) is 8.61 Å². The van der Waals surface area contributed by atoms with Crippen LogP contribution in [0.25, 0.3) is 0 Å². The van der Waals surface area contributed by atoms with Gasteiger partial charge in [-0.3, -0.25) is 0 Å². The number of aliphatic hydroxyl groups is 1. The summed E-state index contributed by atoms with van der Waals surface area (Å²) in [5, 5.41) is 9.32. The summed E-state index contributed by atoms with van der Waals surface area (Å²) in [7, 11) is 2.30. The highest BCUT2D eigenvalue weighted by Crippen LogP contribution is 2.02. The molecule has 0 rings (SSSR count). The topological polar surface area (TPSA) is 70.1 Å². The van der Waals surface area contributed by atoms with Crippen LogP contribution in [0.1, 0.15) is 0 Å². The molecule has 7 heteroatoms. The maximum Gasteiger partial charge on any atom is 0.281 e.